The molecule has 1 N–H and O–H groups in total. The highest BCUT2D eigenvalue weighted by Crippen LogP contribution is 2.25. The Morgan fingerprint density at radius 3 is 2.56 bits per heavy atom. The molecule has 2 rings (SSSR count). The molecule has 1 aromatic carbocycles. The monoisotopic (exact) mass is 237 g/mol. The van der Waals surface area contributed by atoms with E-state index in [0.29, 0.717) is 6.04 Å². The summed E-state index contributed by atoms with van der Waals surface area (Å²) in [5, 5.41) is 4.43. The first kappa shape index (κ1) is 11.9. The molecule has 88 valence electrons. The summed E-state index contributed by atoms with van der Waals surface area (Å²) in [5.41, 5.74) is 1.36. The Labute approximate surface area is 103 Å². The predicted molar refractivity (Wildman–Crippen MR) is 70.0 cm³/mol. The zero-order valence-electron chi connectivity index (χ0n) is 9.88. The Morgan fingerprint density at radius 2 is 2.00 bits per heavy atom. The summed E-state index contributed by atoms with van der Waals surface area (Å²) in [7, 11) is 0. The third-order valence-electron chi connectivity index (χ3n) is 3.43. The van der Waals surface area contributed by atoms with Crippen LogP contribution in [0.15, 0.2) is 24.3 Å². The molecule has 1 aliphatic rings. The van der Waals surface area contributed by atoms with Crippen LogP contribution in [-0.4, -0.2) is 12.6 Å². The summed E-state index contributed by atoms with van der Waals surface area (Å²) in [6.45, 7) is 3.45. The summed E-state index contributed by atoms with van der Waals surface area (Å²) >= 11 is 5.86. The van der Waals surface area contributed by atoms with Crippen LogP contribution in [0.25, 0.3) is 0 Å². The van der Waals surface area contributed by atoms with Crippen LogP contribution < -0.4 is 5.32 Å². The largest absolute Gasteiger partial charge is 0.314 e. The number of halogens is 1. The molecule has 1 fully saturated rings. The van der Waals surface area contributed by atoms with E-state index in [-0.39, 0.29) is 0 Å². The maximum Gasteiger partial charge on any atom is 0.0406 e. The van der Waals surface area contributed by atoms with Gasteiger partial charge in [-0.3, -0.25) is 0 Å². The lowest BCUT2D eigenvalue weighted by molar-refractivity contribution is 0.291. The van der Waals surface area contributed by atoms with Gasteiger partial charge in [0.05, 0.1) is 0 Å². The van der Waals surface area contributed by atoms with Crippen molar-refractivity contribution in [1.82, 2.24) is 5.32 Å². The molecule has 0 heterocycles. The van der Waals surface area contributed by atoms with Gasteiger partial charge in [0.1, 0.15) is 0 Å². The average molecular weight is 238 g/mol. The first-order chi connectivity index (χ1) is 7.74. The second-order valence-electron chi connectivity index (χ2n) is 4.94. The van der Waals surface area contributed by atoms with Gasteiger partial charge < -0.3 is 5.32 Å². The van der Waals surface area contributed by atoms with Crippen LogP contribution in [0.3, 0.4) is 0 Å². The molecule has 1 nitrogen and oxygen atoms in total. The minimum atomic E-state index is 0.557. The Bertz CT molecular complexity index is 316. The minimum Gasteiger partial charge on any atom is -0.314 e. The van der Waals surface area contributed by atoms with E-state index in [9.17, 15) is 0 Å². The fraction of sp³-hybridized carbons (Fsp3) is 0.571. The lowest BCUT2D eigenvalue weighted by Gasteiger charge is -2.27. The third-order valence-corrected chi connectivity index (χ3v) is 3.69. The van der Waals surface area contributed by atoms with E-state index in [1.165, 1.54) is 31.4 Å². The molecule has 0 saturated heterocycles. The van der Waals surface area contributed by atoms with E-state index in [4.69, 9.17) is 11.6 Å². The highest BCUT2D eigenvalue weighted by Gasteiger charge is 2.17. The fourth-order valence-electron chi connectivity index (χ4n) is 2.11. The van der Waals surface area contributed by atoms with Crippen LogP contribution >= 0.6 is 11.6 Å². The molecule has 0 aromatic heterocycles. The van der Waals surface area contributed by atoms with Crippen molar-refractivity contribution in [2.45, 2.75) is 38.6 Å². The predicted octanol–water partition coefficient (Wildman–Crippen LogP) is 3.66. The van der Waals surface area contributed by atoms with Gasteiger partial charge in [0.25, 0.3) is 0 Å². The molecular formula is C14H20ClN. The smallest absolute Gasteiger partial charge is 0.0406 e. The lowest BCUT2D eigenvalue weighted by Crippen LogP contribution is -2.34. The average Bonchev–Trinajstić information content (AvgIpc) is 2.19. The number of nitrogens with one attached hydrogen (secondary N) is 1. The number of hydrogen-bond donors (Lipinski definition) is 1. The van der Waals surface area contributed by atoms with E-state index >= 15 is 0 Å². The van der Waals surface area contributed by atoms with Gasteiger partial charge in [-0.1, -0.05) is 30.2 Å². The molecule has 1 unspecified atom stereocenters. The SMILES string of the molecule is CC(Cc1ccc(Cl)cc1)NCC1CCC1. The highest BCUT2D eigenvalue weighted by atomic mass is 35.5. The Kier molecular flexibility index (Phi) is 4.25. The Hall–Kier alpha value is -0.530. The lowest BCUT2D eigenvalue weighted by atomic mass is 9.85. The standard InChI is InChI=1S/C14H20ClN/c1-11(16-10-13-3-2-4-13)9-12-5-7-14(15)8-6-12/h5-8,11,13,16H,2-4,9-10H2,1H3. The molecule has 1 aromatic rings. The molecule has 0 radical (unpaired) electrons. The summed E-state index contributed by atoms with van der Waals surface area (Å²) in [6.07, 6.45) is 5.35. The normalized spacial score (nSPS) is 18.1. The van der Waals surface area contributed by atoms with Crippen LogP contribution in [0.2, 0.25) is 5.02 Å². The zero-order valence-corrected chi connectivity index (χ0v) is 10.6. The van der Waals surface area contributed by atoms with E-state index < -0.39 is 0 Å². The maximum atomic E-state index is 5.86. The highest BCUT2D eigenvalue weighted by molar-refractivity contribution is 6.30. The number of hydrogen-bond acceptors (Lipinski definition) is 1. The van der Waals surface area contributed by atoms with Crippen molar-refractivity contribution >= 4 is 11.6 Å². The van der Waals surface area contributed by atoms with E-state index in [0.717, 1.165) is 17.4 Å². The van der Waals surface area contributed by atoms with Gasteiger partial charge in [-0.15, -0.1) is 0 Å². The van der Waals surface area contributed by atoms with E-state index in [1.54, 1.807) is 0 Å². The van der Waals surface area contributed by atoms with Crippen LogP contribution in [0, 0.1) is 5.92 Å². The molecule has 0 amide bonds. The van der Waals surface area contributed by atoms with Gasteiger partial charge >= 0.3 is 0 Å². The molecule has 1 aliphatic carbocycles. The minimum absolute atomic E-state index is 0.557. The Morgan fingerprint density at radius 1 is 1.31 bits per heavy atom. The van der Waals surface area contributed by atoms with Crippen LogP contribution in [-0.2, 0) is 6.42 Å². The fourth-order valence-corrected chi connectivity index (χ4v) is 2.24. The van der Waals surface area contributed by atoms with Gasteiger partial charge in [0, 0.05) is 11.1 Å². The molecular weight excluding hydrogens is 218 g/mol. The van der Waals surface area contributed by atoms with Crippen molar-refractivity contribution in [2.24, 2.45) is 5.92 Å². The maximum absolute atomic E-state index is 5.86. The second-order valence-corrected chi connectivity index (χ2v) is 5.37. The second kappa shape index (κ2) is 5.70. The quantitative estimate of drug-likeness (QED) is 0.824. The van der Waals surface area contributed by atoms with Gasteiger partial charge in [0.2, 0.25) is 0 Å². The third kappa shape index (κ3) is 3.50. The van der Waals surface area contributed by atoms with E-state index in [2.05, 4.69) is 24.4 Å². The summed E-state index contributed by atoms with van der Waals surface area (Å²) in [6, 6.07) is 8.72. The van der Waals surface area contributed by atoms with Gasteiger partial charge in [-0.2, -0.15) is 0 Å². The van der Waals surface area contributed by atoms with Crippen molar-refractivity contribution in [2.75, 3.05) is 6.54 Å². The van der Waals surface area contributed by atoms with Crippen LogP contribution in [0.4, 0.5) is 0 Å². The van der Waals surface area contributed by atoms with Crippen molar-refractivity contribution in [3.05, 3.63) is 34.9 Å². The summed E-state index contributed by atoms with van der Waals surface area (Å²) in [4.78, 5) is 0. The first-order valence-electron chi connectivity index (χ1n) is 6.22. The number of benzene rings is 1. The first-order valence-corrected chi connectivity index (χ1v) is 6.59. The summed E-state index contributed by atoms with van der Waals surface area (Å²) < 4.78 is 0. The molecule has 0 bridgehead atoms. The molecule has 0 aliphatic heterocycles. The molecule has 1 atom stereocenters. The zero-order chi connectivity index (χ0) is 11.4. The van der Waals surface area contributed by atoms with Crippen molar-refractivity contribution < 1.29 is 0 Å². The van der Waals surface area contributed by atoms with Crippen molar-refractivity contribution in [1.29, 1.82) is 0 Å². The van der Waals surface area contributed by atoms with E-state index in [1.807, 2.05) is 12.1 Å². The molecule has 1 saturated carbocycles. The topological polar surface area (TPSA) is 12.0 Å². The van der Waals surface area contributed by atoms with Crippen molar-refractivity contribution in [3.63, 3.8) is 0 Å². The van der Waals surface area contributed by atoms with Gasteiger partial charge in [0.15, 0.2) is 0 Å². The number of rotatable bonds is 5. The molecule has 0 spiro atoms. The van der Waals surface area contributed by atoms with Crippen molar-refractivity contribution in [3.8, 4) is 0 Å². The van der Waals surface area contributed by atoms with Gasteiger partial charge in [-0.25, -0.2) is 0 Å². The molecule has 2 heteroatoms. The summed E-state index contributed by atoms with van der Waals surface area (Å²) in [5.74, 6) is 0.938. The molecule has 16 heavy (non-hydrogen) atoms. The Balaban J connectivity index is 1.73. The van der Waals surface area contributed by atoms with Gasteiger partial charge in [-0.05, 0) is 56.3 Å². The van der Waals surface area contributed by atoms with Crippen LogP contribution in [0.5, 0.6) is 0 Å². The van der Waals surface area contributed by atoms with Crippen LogP contribution in [0.1, 0.15) is 31.7 Å².